The number of carbonyl (C=O) groups is 1. The fraction of sp³-hybridized carbons (Fsp3) is 0.611. The molecule has 0 aromatic heterocycles. The Bertz CT molecular complexity index is 642. The first-order valence-corrected chi connectivity index (χ1v) is 9.08. The largest absolute Gasteiger partial charge is 0.469 e. The molecule has 0 saturated carbocycles. The van der Waals surface area contributed by atoms with Crippen molar-refractivity contribution in [2.75, 3.05) is 28.1 Å². The van der Waals surface area contributed by atoms with Crippen LogP contribution in [0, 0.1) is 5.92 Å². The lowest BCUT2D eigenvalue weighted by molar-refractivity contribution is -0.150. The molecule has 25 heavy (non-hydrogen) atoms. The summed E-state index contributed by atoms with van der Waals surface area (Å²) < 4.78 is 16.0. The molecule has 138 valence electrons. The summed E-state index contributed by atoms with van der Waals surface area (Å²) in [6, 6.07) is 5.88. The van der Waals surface area contributed by atoms with Gasteiger partial charge >= 0.3 is 5.97 Å². The zero-order chi connectivity index (χ0) is 18.1. The smallest absolute Gasteiger partial charge is 0.310 e. The van der Waals surface area contributed by atoms with Crippen molar-refractivity contribution >= 4 is 29.2 Å². The number of ether oxygens (including phenoxy) is 3. The van der Waals surface area contributed by atoms with Crippen LogP contribution in [-0.2, 0) is 19.0 Å². The van der Waals surface area contributed by atoms with Crippen LogP contribution in [0.2, 0.25) is 10.0 Å². The maximum atomic E-state index is 12.6. The van der Waals surface area contributed by atoms with Gasteiger partial charge in [-0.15, -0.1) is 0 Å². The Labute approximate surface area is 158 Å². The molecule has 2 aliphatic rings. The van der Waals surface area contributed by atoms with Gasteiger partial charge in [0.2, 0.25) is 0 Å². The molecule has 2 aliphatic heterocycles. The van der Waals surface area contributed by atoms with Gasteiger partial charge in [0.05, 0.1) is 29.2 Å². The Balaban J connectivity index is 1.93. The zero-order valence-corrected chi connectivity index (χ0v) is 16.1. The minimum atomic E-state index is -0.264. The first kappa shape index (κ1) is 18.9. The number of methoxy groups -OCH3 is 2. The molecule has 5 nitrogen and oxygen atoms in total. The van der Waals surface area contributed by atoms with Crippen molar-refractivity contribution < 1.29 is 19.0 Å². The lowest BCUT2D eigenvalue weighted by atomic mass is 9.76. The predicted molar refractivity (Wildman–Crippen MR) is 96.0 cm³/mol. The third kappa shape index (κ3) is 3.53. The molecule has 0 N–H and O–H groups in total. The van der Waals surface area contributed by atoms with Gasteiger partial charge in [0, 0.05) is 25.1 Å². The van der Waals surface area contributed by atoms with Crippen molar-refractivity contribution in [1.29, 1.82) is 0 Å². The first-order chi connectivity index (χ1) is 12.0. The maximum Gasteiger partial charge on any atom is 0.310 e. The van der Waals surface area contributed by atoms with Crippen molar-refractivity contribution in [2.45, 2.75) is 36.9 Å². The van der Waals surface area contributed by atoms with E-state index < -0.39 is 0 Å². The van der Waals surface area contributed by atoms with E-state index in [-0.39, 0.29) is 42.8 Å². The summed E-state index contributed by atoms with van der Waals surface area (Å²) in [5, 5.41) is 1.01. The number of likely N-dealkylation sites (N-methyl/N-ethyl adjacent to an activating group) is 1. The van der Waals surface area contributed by atoms with Crippen LogP contribution in [0.3, 0.4) is 0 Å². The second-order valence-electron chi connectivity index (χ2n) is 6.71. The minimum absolute atomic E-state index is 0.0181. The standard InChI is InChI=1S/C18H23Cl2NO4/c1-21-14-7-11(10-4-5-12(19)13(20)6-10)17(18(22)24-3)15(21)8-16(14)25-9-23-2/h4-6,11,14-17H,7-9H2,1-3H3. The van der Waals surface area contributed by atoms with Gasteiger partial charge in [0.1, 0.15) is 6.79 Å². The third-order valence-electron chi connectivity index (χ3n) is 5.54. The minimum Gasteiger partial charge on any atom is -0.469 e. The Morgan fingerprint density at radius 2 is 1.96 bits per heavy atom. The maximum absolute atomic E-state index is 12.6. The number of fused-ring (bicyclic) bond motifs is 2. The van der Waals surface area contributed by atoms with E-state index in [1.807, 2.05) is 19.2 Å². The Morgan fingerprint density at radius 3 is 2.60 bits per heavy atom. The number of esters is 1. The van der Waals surface area contributed by atoms with Crippen LogP contribution in [0.4, 0.5) is 0 Å². The quantitative estimate of drug-likeness (QED) is 0.572. The Morgan fingerprint density at radius 1 is 1.20 bits per heavy atom. The summed E-state index contributed by atoms with van der Waals surface area (Å²) >= 11 is 12.3. The fourth-order valence-corrected chi connectivity index (χ4v) is 4.65. The number of hydrogen-bond donors (Lipinski definition) is 0. The van der Waals surface area contributed by atoms with Gasteiger partial charge in [-0.05, 0) is 37.6 Å². The molecule has 2 heterocycles. The van der Waals surface area contributed by atoms with Crippen LogP contribution < -0.4 is 0 Å². The van der Waals surface area contributed by atoms with Crippen molar-refractivity contribution in [3.8, 4) is 0 Å². The molecule has 2 bridgehead atoms. The summed E-state index contributed by atoms with van der Waals surface area (Å²) in [4.78, 5) is 14.8. The van der Waals surface area contributed by atoms with Crippen LogP contribution in [-0.4, -0.2) is 57.1 Å². The lowest BCUT2D eigenvalue weighted by Crippen LogP contribution is -2.50. The van der Waals surface area contributed by atoms with Gasteiger partial charge in [-0.25, -0.2) is 0 Å². The number of halogens is 2. The monoisotopic (exact) mass is 387 g/mol. The number of rotatable bonds is 5. The molecular weight excluding hydrogens is 365 g/mol. The van der Waals surface area contributed by atoms with E-state index in [1.165, 1.54) is 7.11 Å². The average molecular weight is 388 g/mol. The van der Waals surface area contributed by atoms with Crippen LogP contribution in [0.15, 0.2) is 18.2 Å². The van der Waals surface area contributed by atoms with Gasteiger partial charge in [0.25, 0.3) is 0 Å². The first-order valence-electron chi connectivity index (χ1n) is 8.33. The summed E-state index contributed by atoms with van der Waals surface area (Å²) in [5.74, 6) is -0.442. The molecule has 0 amide bonds. The highest BCUT2D eigenvalue weighted by atomic mass is 35.5. The lowest BCUT2D eigenvalue weighted by Gasteiger charge is -2.42. The number of piperidine rings is 1. The summed E-state index contributed by atoms with van der Waals surface area (Å²) in [7, 11) is 5.10. The number of nitrogens with zero attached hydrogens (tertiary/aromatic N) is 1. The topological polar surface area (TPSA) is 48.0 Å². The molecular formula is C18H23Cl2NO4. The van der Waals surface area contributed by atoms with Gasteiger partial charge < -0.3 is 14.2 Å². The van der Waals surface area contributed by atoms with E-state index in [4.69, 9.17) is 37.4 Å². The Kier molecular flexibility index (Phi) is 5.91. The number of carbonyl (C=O) groups excluding carboxylic acids is 1. The highest BCUT2D eigenvalue weighted by Crippen LogP contribution is 2.48. The Hall–Kier alpha value is -0.850. The van der Waals surface area contributed by atoms with Gasteiger partial charge in [0.15, 0.2) is 0 Å². The molecule has 1 aromatic carbocycles. The molecule has 2 saturated heterocycles. The van der Waals surface area contributed by atoms with Crippen LogP contribution in [0.5, 0.6) is 0 Å². The zero-order valence-electron chi connectivity index (χ0n) is 14.6. The van der Waals surface area contributed by atoms with Crippen molar-refractivity contribution in [3.05, 3.63) is 33.8 Å². The molecule has 0 aliphatic carbocycles. The fourth-order valence-electron chi connectivity index (χ4n) is 4.34. The van der Waals surface area contributed by atoms with E-state index in [9.17, 15) is 4.79 Å². The molecule has 0 spiro atoms. The van der Waals surface area contributed by atoms with E-state index in [0.717, 1.165) is 18.4 Å². The summed E-state index contributed by atoms with van der Waals surface area (Å²) in [6.07, 6.45) is 1.61. The molecule has 5 unspecified atom stereocenters. The van der Waals surface area contributed by atoms with Gasteiger partial charge in [-0.2, -0.15) is 0 Å². The number of benzene rings is 1. The molecule has 3 rings (SSSR count). The van der Waals surface area contributed by atoms with Crippen LogP contribution in [0.25, 0.3) is 0 Å². The van der Waals surface area contributed by atoms with Crippen molar-refractivity contribution in [3.63, 3.8) is 0 Å². The van der Waals surface area contributed by atoms with Crippen LogP contribution in [0.1, 0.15) is 24.3 Å². The normalized spacial score (nSPS) is 32.0. The van der Waals surface area contributed by atoms with E-state index in [1.54, 1.807) is 13.2 Å². The predicted octanol–water partition coefficient (Wildman–Crippen LogP) is 3.33. The van der Waals surface area contributed by atoms with Crippen molar-refractivity contribution in [2.24, 2.45) is 5.92 Å². The molecule has 5 atom stereocenters. The van der Waals surface area contributed by atoms with Crippen LogP contribution >= 0.6 is 23.2 Å². The van der Waals surface area contributed by atoms with Gasteiger partial charge in [-0.1, -0.05) is 29.3 Å². The molecule has 2 fully saturated rings. The van der Waals surface area contributed by atoms with E-state index in [0.29, 0.717) is 10.0 Å². The SMILES string of the molecule is COCOC1CC2C(C(=O)OC)C(c3ccc(Cl)c(Cl)c3)CC1N2C. The van der Waals surface area contributed by atoms with E-state index >= 15 is 0 Å². The second-order valence-corrected chi connectivity index (χ2v) is 7.53. The highest BCUT2D eigenvalue weighted by Gasteiger charge is 2.54. The average Bonchev–Trinajstić information content (AvgIpc) is 2.80. The van der Waals surface area contributed by atoms with Crippen molar-refractivity contribution in [1.82, 2.24) is 4.90 Å². The molecule has 7 heteroatoms. The number of hydrogen-bond acceptors (Lipinski definition) is 5. The van der Waals surface area contributed by atoms with E-state index in [2.05, 4.69) is 4.90 Å². The van der Waals surface area contributed by atoms with Gasteiger partial charge in [-0.3, -0.25) is 9.69 Å². The molecule has 1 aromatic rings. The highest BCUT2D eigenvalue weighted by molar-refractivity contribution is 6.42. The third-order valence-corrected chi connectivity index (χ3v) is 6.28. The molecule has 0 radical (unpaired) electrons. The summed E-state index contributed by atoms with van der Waals surface area (Å²) in [6.45, 7) is 0.252. The summed E-state index contributed by atoms with van der Waals surface area (Å²) in [5.41, 5.74) is 1.01. The second kappa shape index (κ2) is 7.80.